The predicted octanol–water partition coefficient (Wildman–Crippen LogP) is 2.20. The van der Waals surface area contributed by atoms with Gasteiger partial charge in [-0.2, -0.15) is 0 Å². The number of nitrogens with two attached hydrogens (primary N) is 1. The minimum Gasteiger partial charge on any atom is -0.330 e. The zero-order chi connectivity index (χ0) is 13.1. The summed E-state index contributed by atoms with van der Waals surface area (Å²) in [5.41, 5.74) is 8.05. The third-order valence-electron chi connectivity index (χ3n) is 3.74. The van der Waals surface area contributed by atoms with Crippen LogP contribution in [-0.4, -0.2) is 19.0 Å². The Morgan fingerprint density at radius 3 is 2.89 bits per heavy atom. The Morgan fingerprint density at radius 1 is 1.50 bits per heavy atom. The molecule has 1 amide bonds. The van der Waals surface area contributed by atoms with Crippen LogP contribution in [-0.2, 0) is 11.2 Å². The van der Waals surface area contributed by atoms with E-state index in [0.29, 0.717) is 12.5 Å². The molecule has 0 aromatic heterocycles. The topological polar surface area (TPSA) is 46.3 Å². The first kappa shape index (κ1) is 13.1. The summed E-state index contributed by atoms with van der Waals surface area (Å²) in [6.45, 7) is 5.46. The maximum atomic E-state index is 12.5. The number of anilines is 1. The summed E-state index contributed by atoms with van der Waals surface area (Å²) in [6.07, 6.45) is 1.86. The fourth-order valence-electron chi connectivity index (χ4n) is 2.67. The molecule has 1 aliphatic heterocycles. The summed E-state index contributed by atoms with van der Waals surface area (Å²) in [4.78, 5) is 14.4. The van der Waals surface area contributed by atoms with Crippen molar-refractivity contribution >= 4 is 11.6 Å². The van der Waals surface area contributed by atoms with Gasteiger partial charge in [0.05, 0.1) is 5.92 Å². The van der Waals surface area contributed by atoms with E-state index in [-0.39, 0.29) is 11.8 Å². The van der Waals surface area contributed by atoms with Gasteiger partial charge in [-0.15, -0.1) is 0 Å². The van der Waals surface area contributed by atoms with Crippen LogP contribution in [0.5, 0.6) is 0 Å². The predicted molar refractivity (Wildman–Crippen MR) is 74.5 cm³/mol. The molecule has 2 N–H and O–H groups in total. The smallest absolute Gasteiger partial charge is 0.231 e. The quantitative estimate of drug-likeness (QED) is 0.888. The van der Waals surface area contributed by atoms with E-state index in [9.17, 15) is 4.79 Å². The van der Waals surface area contributed by atoms with Crippen LogP contribution >= 0.6 is 0 Å². The summed E-state index contributed by atoms with van der Waals surface area (Å²) < 4.78 is 0. The number of carbonyl (C=O) groups excluding carboxylic acids is 1. The zero-order valence-electron chi connectivity index (χ0n) is 11.2. The van der Waals surface area contributed by atoms with Crippen molar-refractivity contribution in [2.45, 2.75) is 26.7 Å². The molecule has 3 nitrogen and oxygen atoms in total. The lowest BCUT2D eigenvalue weighted by Gasteiger charge is -2.35. The molecule has 1 aromatic carbocycles. The number of benzene rings is 1. The number of carbonyl (C=O) groups is 1. The molecular formula is C15H22N2O. The van der Waals surface area contributed by atoms with E-state index in [1.807, 2.05) is 30.0 Å². The summed E-state index contributed by atoms with van der Waals surface area (Å²) in [6, 6.07) is 8.20. The highest BCUT2D eigenvalue weighted by Gasteiger charge is 2.29. The van der Waals surface area contributed by atoms with Crippen LogP contribution < -0.4 is 10.6 Å². The number of hydrogen-bond acceptors (Lipinski definition) is 2. The normalized spacial score (nSPS) is 20.4. The fourth-order valence-corrected chi connectivity index (χ4v) is 2.67. The van der Waals surface area contributed by atoms with Gasteiger partial charge < -0.3 is 10.6 Å². The Hall–Kier alpha value is -1.35. The first-order valence-electron chi connectivity index (χ1n) is 6.76. The lowest BCUT2D eigenvalue weighted by Crippen LogP contribution is -2.44. The molecule has 3 heteroatoms. The third kappa shape index (κ3) is 2.41. The highest BCUT2D eigenvalue weighted by Crippen LogP contribution is 2.30. The van der Waals surface area contributed by atoms with Gasteiger partial charge in [-0.05, 0) is 30.4 Å². The van der Waals surface area contributed by atoms with Crippen LogP contribution in [0.4, 0.5) is 5.69 Å². The molecule has 0 aliphatic carbocycles. The first-order valence-corrected chi connectivity index (χ1v) is 6.76. The van der Waals surface area contributed by atoms with Crippen molar-refractivity contribution in [2.24, 2.45) is 17.6 Å². The van der Waals surface area contributed by atoms with Gasteiger partial charge in [0, 0.05) is 18.8 Å². The fraction of sp³-hybridized carbons (Fsp3) is 0.533. The SMILES string of the molecule is CCC(CN)C(=O)N1CC(C)Cc2ccccc21. The number of rotatable bonds is 3. The molecule has 0 radical (unpaired) electrons. The number of para-hydroxylation sites is 1. The zero-order valence-corrected chi connectivity index (χ0v) is 11.2. The number of hydrogen-bond donors (Lipinski definition) is 1. The Morgan fingerprint density at radius 2 is 2.22 bits per heavy atom. The number of nitrogens with zero attached hydrogens (tertiary/aromatic N) is 1. The van der Waals surface area contributed by atoms with Gasteiger partial charge in [-0.3, -0.25) is 4.79 Å². The van der Waals surface area contributed by atoms with Crippen molar-refractivity contribution in [1.82, 2.24) is 0 Å². The second kappa shape index (κ2) is 5.53. The highest BCUT2D eigenvalue weighted by atomic mass is 16.2. The molecule has 1 aliphatic rings. The minimum absolute atomic E-state index is 0.0524. The molecule has 2 atom stereocenters. The maximum absolute atomic E-state index is 12.5. The van der Waals surface area contributed by atoms with Crippen molar-refractivity contribution in [3.8, 4) is 0 Å². The summed E-state index contributed by atoms with van der Waals surface area (Å²) in [5.74, 6) is 0.640. The van der Waals surface area contributed by atoms with Gasteiger partial charge in [-0.25, -0.2) is 0 Å². The highest BCUT2D eigenvalue weighted by molar-refractivity contribution is 5.96. The second-order valence-electron chi connectivity index (χ2n) is 5.23. The molecule has 98 valence electrons. The molecular weight excluding hydrogens is 224 g/mol. The first-order chi connectivity index (χ1) is 8.67. The third-order valence-corrected chi connectivity index (χ3v) is 3.74. The summed E-state index contributed by atoms with van der Waals surface area (Å²) in [7, 11) is 0. The minimum atomic E-state index is -0.0524. The lowest BCUT2D eigenvalue weighted by molar-refractivity contribution is -0.122. The van der Waals surface area contributed by atoms with E-state index < -0.39 is 0 Å². The Balaban J connectivity index is 2.31. The van der Waals surface area contributed by atoms with Gasteiger partial charge in [0.2, 0.25) is 5.91 Å². The molecule has 0 saturated heterocycles. The monoisotopic (exact) mass is 246 g/mol. The van der Waals surface area contributed by atoms with Crippen molar-refractivity contribution in [2.75, 3.05) is 18.0 Å². The Kier molecular flexibility index (Phi) is 4.02. The van der Waals surface area contributed by atoms with Crippen LogP contribution in [0.1, 0.15) is 25.8 Å². The van der Waals surface area contributed by atoms with Gasteiger partial charge in [0.15, 0.2) is 0 Å². The standard InChI is InChI=1S/C15H22N2O/c1-3-12(9-16)15(18)17-10-11(2)8-13-6-4-5-7-14(13)17/h4-7,11-12H,3,8-10,16H2,1-2H3. The van der Waals surface area contributed by atoms with E-state index in [1.54, 1.807) is 0 Å². The van der Waals surface area contributed by atoms with E-state index in [2.05, 4.69) is 13.0 Å². The van der Waals surface area contributed by atoms with Gasteiger partial charge in [0.1, 0.15) is 0 Å². The molecule has 1 aromatic rings. The van der Waals surface area contributed by atoms with Crippen molar-refractivity contribution < 1.29 is 4.79 Å². The molecule has 2 rings (SSSR count). The average molecular weight is 246 g/mol. The lowest BCUT2D eigenvalue weighted by atomic mass is 9.92. The second-order valence-corrected chi connectivity index (χ2v) is 5.23. The van der Waals surface area contributed by atoms with E-state index in [4.69, 9.17) is 5.73 Å². The number of amides is 1. The molecule has 0 fully saturated rings. The average Bonchev–Trinajstić information content (AvgIpc) is 2.39. The van der Waals surface area contributed by atoms with E-state index in [0.717, 1.165) is 25.1 Å². The van der Waals surface area contributed by atoms with Crippen LogP contribution in [0.3, 0.4) is 0 Å². The largest absolute Gasteiger partial charge is 0.330 e. The van der Waals surface area contributed by atoms with Crippen LogP contribution in [0.15, 0.2) is 24.3 Å². The molecule has 0 spiro atoms. The van der Waals surface area contributed by atoms with Crippen LogP contribution in [0.2, 0.25) is 0 Å². The van der Waals surface area contributed by atoms with Crippen molar-refractivity contribution in [3.05, 3.63) is 29.8 Å². The van der Waals surface area contributed by atoms with Crippen LogP contribution in [0, 0.1) is 11.8 Å². The van der Waals surface area contributed by atoms with Gasteiger partial charge in [0.25, 0.3) is 0 Å². The molecule has 1 heterocycles. The summed E-state index contributed by atoms with van der Waals surface area (Å²) in [5, 5.41) is 0. The molecule has 18 heavy (non-hydrogen) atoms. The van der Waals surface area contributed by atoms with Crippen molar-refractivity contribution in [1.29, 1.82) is 0 Å². The van der Waals surface area contributed by atoms with Gasteiger partial charge in [-0.1, -0.05) is 32.0 Å². The Bertz CT molecular complexity index is 426. The van der Waals surface area contributed by atoms with Gasteiger partial charge >= 0.3 is 0 Å². The summed E-state index contributed by atoms with van der Waals surface area (Å²) >= 11 is 0. The maximum Gasteiger partial charge on any atom is 0.231 e. The molecule has 0 saturated carbocycles. The van der Waals surface area contributed by atoms with E-state index in [1.165, 1.54) is 5.56 Å². The van der Waals surface area contributed by atoms with Crippen molar-refractivity contribution in [3.63, 3.8) is 0 Å². The van der Waals surface area contributed by atoms with Crippen LogP contribution in [0.25, 0.3) is 0 Å². The Labute approximate surface area is 109 Å². The number of fused-ring (bicyclic) bond motifs is 1. The molecule has 0 bridgehead atoms. The molecule has 2 unspecified atom stereocenters. The van der Waals surface area contributed by atoms with E-state index >= 15 is 0 Å².